The molecule has 1 aliphatic rings. The smallest absolute Gasteiger partial charge is 0.410 e. The van der Waals surface area contributed by atoms with Gasteiger partial charge < -0.3 is 14.7 Å². The normalized spacial score (nSPS) is 16.7. The molecule has 1 fully saturated rings. The average Bonchev–Trinajstić information content (AvgIpc) is 2.48. The summed E-state index contributed by atoms with van der Waals surface area (Å²) in [5, 5.41) is 9.54. The summed E-state index contributed by atoms with van der Waals surface area (Å²) in [5.41, 5.74) is -0.0408. The van der Waals surface area contributed by atoms with E-state index in [9.17, 15) is 19.1 Å². The minimum atomic E-state index is -0.993. The second-order valence-corrected chi connectivity index (χ2v) is 6.80. The molecule has 25 heavy (non-hydrogen) atoms. The molecule has 1 saturated heterocycles. The molecule has 1 N–H and O–H groups in total. The highest BCUT2D eigenvalue weighted by Crippen LogP contribution is 2.23. The number of carboxylic acids is 1. The van der Waals surface area contributed by atoms with Crippen LogP contribution in [0, 0.1) is 5.82 Å². The quantitative estimate of drug-likeness (QED) is 0.880. The number of halogens is 2. The van der Waals surface area contributed by atoms with E-state index in [2.05, 4.69) is 0 Å². The van der Waals surface area contributed by atoms with E-state index < -0.39 is 29.5 Å². The van der Waals surface area contributed by atoms with E-state index in [4.69, 9.17) is 4.74 Å². The number of aliphatic carboxylic acids is 1. The predicted octanol–water partition coefficient (Wildman–Crippen LogP) is 2.93. The molecule has 1 heterocycles. The molecule has 0 aliphatic carbocycles. The van der Waals surface area contributed by atoms with Crippen molar-refractivity contribution in [3.63, 3.8) is 0 Å². The van der Waals surface area contributed by atoms with Crippen LogP contribution in [0.2, 0.25) is 0 Å². The van der Waals surface area contributed by atoms with Gasteiger partial charge in [0.05, 0.1) is 0 Å². The van der Waals surface area contributed by atoms with Crippen LogP contribution < -0.4 is 0 Å². The number of piperazine rings is 1. The molecule has 140 valence electrons. The van der Waals surface area contributed by atoms with E-state index in [1.54, 1.807) is 30.6 Å². The van der Waals surface area contributed by atoms with Crippen LogP contribution in [-0.2, 0) is 9.53 Å². The lowest BCUT2D eigenvalue weighted by Gasteiger charge is -2.38. The zero-order chi connectivity index (χ0) is 17.9. The Morgan fingerprint density at radius 2 is 1.64 bits per heavy atom. The van der Waals surface area contributed by atoms with E-state index >= 15 is 0 Å². The van der Waals surface area contributed by atoms with Gasteiger partial charge in [0.15, 0.2) is 0 Å². The summed E-state index contributed by atoms with van der Waals surface area (Å²) < 4.78 is 18.4. The van der Waals surface area contributed by atoms with E-state index in [1.807, 2.05) is 0 Å². The monoisotopic (exact) mass is 374 g/mol. The van der Waals surface area contributed by atoms with E-state index in [0.29, 0.717) is 31.7 Å². The van der Waals surface area contributed by atoms with E-state index in [-0.39, 0.29) is 12.4 Å². The molecule has 1 aromatic rings. The molecule has 2 rings (SSSR count). The number of amides is 1. The number of carbonyl (C=O) groups is 2. The van der Waals surface area contributed by atoms with Crippen molar-refractivity contribution in [2.24, 2.45) is 0 Å². The van der Waals surface area contributed by atoms with Gasteiger partial charge in [-0.15, -0.1) is 12.4 Å². The second kappa shape index (κ2) is 8.49. The molecule has 0 aromatic heterocycles. The maximum atomic E-state index is 13.0. The van der Waals surface area contributed by atoms with Crippen LogP contribution in [0.3, 0.4) is 0 Å². The Hall–Kier alpha value is -1.86. The first-order chi connectivity index (χ1) is 11.2. The molecular weight excluding hydrogens is 351 g/mol. The van der Waals surface area contributed by atoms with Gasteiger partial charge >= 0.3 is 12.1 Å². The van der Waals surface area contributed by atoms with Crippen LogP contribution in [0.1, 0.15) is 32.4 Å². The van der Waals surface area contributed by atoms with Crippen LogP contribution in [0.4, 0.5) is 9.18 Å². The lowest BCUT2D eigenvalue weighted by atomic mass is 10.0. The maximum absolute atomic E-state index is 13.0. The molecule has 1 aromatic carbocycles. The van der Waals surface area contributed by atoms with Crippen molar-refractivity contribution in [3.05, 3.63) is 35.6 Å². The van der Waals surface area contributed by atoms with Crippen molar-refractivity contribution >= 4 is 24.5 Å². The van der Waals surface area contributed by atoms with Gasteiger partial charge in [0.25, 0.3) is 0 Å². The van der Waals surface area contributed by atoms with Crippen LogP contribution in [0.25, 0.3) is 0 Å². The van der Waals surface area contributed by atoms with Gasteiger partial charge in [-0.2, -0.15) is 0 Å². The summed E-state index contributed by atoms with van der Waals surface area (Å²) in [7, 11) is 0. The third kappa shape index (κ3) is 5.86. The molecule has 6 nitrogen and oxygen atoms in total. The standard InChI is InChI=1S/C17H23FN2O4.ClH/c1-17(2,3)24-16(23)20-10-8-19(9-11-20)14(15(21)22)12-4-6-13(18)7-5-12;/h4-7,14H,8-11H2,1-3H3,(H,21,22);1H. The zero-order valence-corrected chi connectivity index (χ0v) is 15.4. The van der Waals surface area contributed by atoms with Crippen molar-refractivity contribution < 1.29 is 23.8 Å². The minimum Gasteiger partial charge on any atom is -0.480 e. The minimum absolute atomic E-state index is 0. The largest absolute Gasteiger partial charge is 0.480 e. The SMILES string of the molecule is CC(C)(C)OC(=O)N1CCN(C(C(=O)O)c2ccc(F)cc2)CC1.Cl. The number of carbonyl (C=O) groups excluding carboxylic acids is 1. The van der Waals surface area contributed by atoms with Gasteiger partial charge in [-0.3, -0.25) is 9.69 Å². The van der Waals surface area contributed by atoms with Gasteiger partial charge in [-0.05, 0) is 38.5 Å². The number of hydrogen-bond acceptors (Lipinski definition) is 4. The Kier molecular flexibility index (Phi) is 7.19. The highest BCUT2D eigenvalue weighted by molar-refractivity contribution is 5.85. The fraction of sp³-hybridized carbons (Fsp3) is 0.529. The van der Waals surface area contributed by atoms with Crippen LogP contribution in [0.5, 0.6) is 0 Å². The Bertz CT molecular complexity index is 596. The van der Waals surface area contributed by atoms with Crippen molar-refractivity contribution in [3.8, 4) is 0 Å². The fourth-order valence-corrected chi connectivity index (χ4v) is 2.64. The number of ether oxygens (including phenoxy) is 1. The third-order valence-corrected chi connectivity index (χ3v) is 3.75. The number of hydrogen-bond donors (Lipinski definition) is 1. The van der Waals surface area contributed by atoms with Gasteiger partial charge in [0.1, 0.15) is 17.5 Å². The molecule has 8 heteroatoms. The van der Waals surface area contributed by atoms with Crippen molar-refractivity contribution in [2.75, 3.05) is 26.2 Å². The van der Waals surface area contributed by atoms with Gasteiger partial charge in [-0.1, -0.05) is 12.1 Å². The summed E-state index contributed by atoms with van der Waals surface area (Å²) in [5.74, 6) is -1.40. The lowest BCUT2D eigenvalue weighted by Crippen LogP contribution is -2.51. The van der Waals surface area contributed by atoms with Crippen LogP contribution in [0.15, 0.2) is 24.3 Å². The molecule has 0 bridgehead atoms. The van der Waals surface area contributed by atoms with Gasteiger partial charge in [0.2, 0.25) is 0 Å². The predicted molar refractivity (Wildman–Crippen MR) is 93.4 cm³/mol. The van der Waals surface area contributed by atoms with Gasteiger partial charge in [0, 0.05) is 26.2 Å². The van der Waals surface area contributed by atoms with E-state index in [0.717, 1.165) is 0 Å². The van der Waals surface area contributed by atoms with Crippen molar-refractivity contribution in [1.29, 1.82) is 0 Å². The molecule has 0 radical (unpaired) electrons. The summed E-state index contributed by atoms with van der Waals surface area (Å²) in [6, 6.07) is 4.61. The Morgan fingerprint density at radius 1 is 1.12 bits per heavy atom. The average molecular weight is 375 g/mol. The summed E-state index contributed by atoms with van der Waals surface area (Å²) in [6.07, 6.45) is -0.393. The highest BCUT2D eigenvalue weighted by Gasteiger charge is 2.32. The molecular formula is C17H24ClFN2O4. The first-order valence-electron chi connectivity index (χ1n) is 7.87. The third-order valence-electron chi connectivity index (χ3n) is 3.75. The highest BCUT2D eigenvalue weighted by atomic mass is 35.5. The van der Waals surface area contributed by atoms with Crippen LogP contribution >= 0.6 is 12.4 Å². The molecule has 1 atom stereocenters. The second-order valence-electron chi connectivity index (χ2n) is 6.80. The van der Waals surface area contributed by atoms with Gasteiger partial charge in [-0.25, -0.2) is 9.18 Å². The summed E-state index contributed by atoms with van der Waals surface area (Å²) >= 11 is 0. The van der Waals surface area contributed by atoms with Crippen LogP contribution in [-0.4, -0.2) is 58.7 Å². The number of nitrogens with zero attached hydrogens (tertiary/aromatic N) is 2. The molecule has 0 spiro atoms. The number of carboxylic acid groups (broad SMARTS) is 1. The molecule has 1 amide bonds. The maximum Gasteiger partial charge on any atom is 0.410 e. The molecule has 1 unspecified atom stereocenters. The number of benzene rings is 1. The summed E-state index contributed by atoms with van der Waals surface area (Å²) in [6.45, 7) is 7.00. The first kappa shape index (κ1) is 21.2. The summed E-state index contributed by atoms with van der Waals surface area (Å²) in [4.78, 5) is 27.1. The fourth-order valence-electron chi connectivity index (χ4n) is 2.64. The van der Waals surface area contributed by atoms with Crippen molar-refractivity contribution in [1.82, 2.24) is 9.80 Å². The molecule has 1 aliphatic heterocycles. The first-order valence-corrected chi connectivity index (χ1v) is 7.87. The van der Waals surface area contributed by atoms with Crippen molar-refractivity contribution in [2.45, 2.75) is 32.4 Å². The Balaban J connectivity index is 0.00000312. The van der Waals surface area contributed by atoms with E-state index in [1.165, 1.54) is 24.3 Å². The Labute approximate surface area is 153 Å². The lowest BCUT2D eigenvalue weighted by molar-refractivity contribution is -0.144. The zero-order valence-electron chi connectivity index (χ0n) is 14.6. The molecule has 0 saturated carbocycles. The topological polar surface area (TPSA) is 70.1 Å². The Morgan fingerprint density at radius 3 is 2.08 bits per heavy atom. The number of rotatable bonds is 3.